The third-order valence-corrected chi connectivity index (χ3v) is 4.89. The van der Waals surface area contributed by atoms with Crippen molar-refractivity contribution < 1.29 is 19.0 Å². The van der Waals surface area contributed by atoms with Crippen molar-refractivity contribution in [1.29, 1.82) is 0 Å². The highest BCUT2D eigenvalue weighted by Gasteiger charge is 2.09. The second-order valence-corrected chi connectivity index (χ2v) is 7.01. The molecular weight excluding hydrogens is 376 g/mol. The molecule has 0 fully saturated rings. The summed E-state index contributed by atoms with van der Waals surface area (Å²) in [5.74, 6) is 2.29. The number of carbonyl (C=O) groups excluding carboxylic acids is 1. The van der Waals surface area contributed by atoms with Gasteiger partial charge in [-0.1, -0.05) is 30.3 Å². The number of allylic oxidation sites excluding steroid dienone is 1. The van der Waals surface area contributed by atoms with Crippen LogP contribution < -0.4 is 14.2 Å². The fourth-order valence-electron chi connectivity index (χ4n) is 3.22. The van der Waals surface area contributed by atoms with Gasteiger partial charge in [0.05, 0.1) is 14.2 Å². The Morgan fingerprint density at radius 1 is 0.900 bits per heavy atom. The zero-order chi connectivity index (χ0) is 21.5. The minimum absolute atomic E-state index is 0.0678. The Kier molecular flexibility index (Phi) is 6.91. The van der Waals surface area contributed by atoms with Crippen LogP contribution in [-0.4, -0.2) is 20.0 Å². The molecule has 0 heterocycles. The predicted molar refractivity (Wildman–Crippen MR) is 120 cm³/mol. The van der Waals surface area contributed by atoms with Gasteiger partial charge in [0.15, 0.2) is 5.78 Å². The molecule has 0 atom stereocenters. The number of rotatable bonds is 8. The van der Waals surface area contributed by atoms with E-state index in [1.807, 2.05) is 50.2 Å². The summed E-state index contributed by atoms with van der Waals surface area (Å²) < 4.78 is 16.7. The smallest absolute Gasteiger partial charge is 0.185 e. The van der Waals surface area contributed by atoms with E-state index in [0.717, 1.165) is 39.5 Å². The first-order chi connectivity index (χ1) is 14.5. The zero-order valence-electron chi connectivity index (χ0n) is 17.8. The van der Waals surface area contributed by atoms with E-state index in [4.69, 9.17) is 14.2 Å². The van der Waals surface area contributed by atoms with Crippen molar-refractivity contribution in [2.75, 3.05) is 14.2 Å². The molecule has 3 aromatic rings. The molecule has 0 spiro atoms. The highest BCUT2D eigenvalue weighted by Crippen LogP contribution is 2.27. The summed E-state index contributed by atoms with van der Waals surface area (Å²) in [6.07, 6.45) is 3.37. The first-order valence-electron chi connectivity index (χ1n) is 9.74. The largest absolute Gasteiger partial charge is 0.497 e. The molecule has 0 N–H and O–H groups in total. The van der Waals surface area contributed by atoms with Gasteiger partial charge < -0.3 is 14.2 Å². The highest BCUT2D eigenvalue weighted by molar-refractivity contribution is 6.06. The third kappa shape index (κ3) is 5.09. The average molecular weight is 402 g/mol. The maximum Gasteiger partial charge on any atom is 0.185 e. The summed E-state index contributed by atoms with van der Waals surface area (Å²) >= 11 is 0. The Labute approximate surface area is 177 Å². The SMILES string of the molecule is COc1ccc(C(=O)/C=C/c2ccc(OC)c(COc3c(C)cccc3C)c2)cc1. The van der Waals surface area contributed by atoms with Crippen LogP contribution in [0.15, 0.2) is 66.7 Å². The van der Waals surface area contributed by atoms with Crippen molar-refractivity contribution in [3.8, 4) is 17.2 Å². The fourth-order valence-corrected chi connectivity index (χ4v) is 3.22. The quantitative estimate of drug-likeness (QED) is 0.353. The lowest BCUT2D eigenvalue weighted by molar-refractivity contribution is 0.104. The predicted octanol–water partition coefficient (Wildman–Crippen LogP) is 5.80. The summed E-state index contributed by atoms with van der Waals surface area (Å²) in [6, 6.07) is 18.9. The van der Waals surface area contributed by atoms with Crippen molar-refractivity contribution in [3.63, 3.8) is 0 Å². The molecule has 30 heavy (non-hydrogen) atoms. The van der Waals surface area contributed by atoms with Crippen LogP contribution in [0.25, 0.3) is 6.08 Å². The van der Waals surface area contributed by atoms with Gasteiger partial charge in [-0.3, -0.25) is 4.79 Å². The second-order valence-electron chi connectivity index (χ2n) is 7.01. The summed E-state index contributed by atoms with van der Waals surface area (Å²) in [5, 5.41) is 0. The molecule has 0 aliphatic heterocycles. The number of ketones is 1. The number of methoxy groups -OCH3 is 2. The normalized spacial score (nSPS) is 10.8. The van der Waals surface area contributed by atoms with Gasteiger partial charge in [-0.2, -0.15) is 0 Å². The van der Waals surface area contributed by atoms with Gasteiger partial charge in [0.25, 0.3) is 0 Å². The molecule has 0 amide bonds. The lowest BCUT2D eigenvalue weighted by atomic mass is 10.1. The number of carbonyl (C=O) groups is 1. The number of hydrogen-bond acceptors (Lipinski definition) is 4. The van der Waals surface area contributed by atoms with Gasteiger partial charge in [-0.15, -0.1) is 0 Å². The zero-order valence-corrected chi connectivity index (χ0v) is 17.8. The van der Waals surface area contributed by atoms with Crippen LogP contribution in [0, 0.1) is 13.8 Å². The number of aryl methyl sites for hydroxylation is 2. The van der Waals surface area contributed by atoms with Gasteiger partial charge in [-0.05, 0) is 73.0 Å². The molecule has 0 radical (unpaired) electrons. The molecule has 4 heteroatoms. The molecule has 0 bridgehead atoms. The average Bonchev–Trinajstić information content (AvgIpc) is 2.77. The molecule has 0 unspecified atom stereocenters. The van der Waals surface area contributed by atoms with Crippen molar-refractivity contribution >= 4 is 11.9 Å². The Balaban J connectivity index is 1.76. The van der Waals surface area contributed by atoms with Gasteiger partial charge in [0, 0.05) is 11.1 Å². The number of benzene rings is 3. The van der Waals surface area contributed by atoms with Crippen molar-refractivity contribution in [2.45, 2.75) is 20.5 Å². The van der Waals surface area contributed by atoms with Gasteiger partial charge in [-0.25, -0.2) is 0 Å². The highest BCUT2D eigenvalue weighted by atomic mass is 16.5. The van der Waals surface area contributed by atoms with Crippen molar-refractivity contribution in [3.05, 3.63) is 94.6 Å². The van der Waals surface area contributed by atoms with E-state index in [1.54, 1.807) is 50.6 Å². The van der Waals surface area contributed by atoms with E-state index < -0.39 is 0 Å². The third-order valence-electron chi connectivity index (χ3n) is 4.89. The minimum Gasteiger partial charge on any atom is -0.497 e. The first-order valence-corrected chi connectivity index (χ1v) is 9.74. The number of hydrogen-bond donors (Lipinski definition) is 0. The molecule has 154 valence electrons. The fraction of sp³-hybridized carbons (Fsp3) is 0.192. The Morgan fingerprint density at radius 3 is 2.23 bits per heavy atom. The van der Waals surface area contributed by atoms with E-state index in [1.165, 1.54) is 0 Å². The van der Waals surface area contributed by atoms with E-state index in [2.05, 4.69) is 0 Å². The van der Waals surface area contributed by atoms with Gasteiger partial charge in [0.2, 0.25) is 0 Å². The number of ether oxygens (including phenoxy) is 3. The van der Waals surface area contributed by atoms with E-state index in [-0.39, 0.29) is 5.78 Å². The number of para-hydroxylation sites is 1. The molecule has 3 rings (SSSR count). The standard InChI is InChI=1S/C26H26O4/c1-18-6-5-7-19(2)26(18)30-17-22-16-20(9-15-25(22)29-4)8-14-24(27)21-10-12-23(28-3)13-11-21/h5-16H,17H2,1-4H3/b14-8+. The van der Waals surface area contributed by atoms with Crippen molar-refractivity contribution in [1.82, 2.24) is 0 Å². The first kappa shape index (κ1) is 21.2. The van der Waals surface area contributed by atoms with Gasteiger partial charge >= 0.3 is 0 Å². The summed E-state index contributed by atoms with van der Waals surface area (Å²) in [5.41, 5.74) is 4.61. The molecule has 0 aliphatic rings. The lowest BCUT2D eigenvalue weighted by Gasteiger charge is -2.14. The minimum atomic E-state index is -0.0678. The van der Waals surface area contributed by atoms with Gasteiger partial charge in [0.1, 0.15) is 23.9 Å². The Hall–Kier alpha value is -3.53. The van der Waals surface area contributed by atoms with Crippen molar-refractivity contribution in [2.24, 2.45) is 0 Å². The van der Waals surface area contributed by atoms with E-state index in [0.29, 0.717) is 12.2 Å². The monoisotopic (exact) mass is 402 g/mol. The maximum absolute atomic E-state index is 12.4. The summed E-state index contributed by atoms with van der Waals surface area (Å²) in [6.45, 7) is 4.44. The molecule has 0 saturated heterocycles. The Morgan fingerprint density at radius 2 is 1.60 bits per heavy atom. The van der Waals surface area contributed by atoms with Crippen LogP contribution in [0.5, 0.6) is 17.2 Å². The molecule has 0 saturated carbocycles. The van der Waals surface area contributed by atoms with Crippen LogP contribution in [0.3, 0.4) is 0 Å². The van der Waals surface area contributed by atoms with Crippen LogP contribution in [-0.2, 0) is 6.61 Å². The summed E-state index contributed by atoms with van der Waals surface area (Å²) in [7, 11) is 3.24. The molecule has 0 aliphatic carbocycles. The molecule has 4 nitrogen and oxygen atoms in total. The lowest BCUT2D eigenvalue weighted by Crippen LogP contribution is -2.01. The molecule has 0 aromatic heterocycles. The van der Waals surface area contributed by atoms with Crippen LogP contribution >= 0.6 is 0 Å². The summed E-state index contributed by atoms with van der Waals surface area (Å²) in [4.78, 5) is 12.4. The molecule has 3 aromatic carbocycles. The van der Waals surface area contributed by atoms with Crippen LogP contribution in [0.1, 0.15) is 32.6 Å². The van der Waals surface area contributed by atoms with E-state index in [9.17, 15) is 4.79 Å². The maximum atomic E-state index is 12.4. The topological polar surface area (TPSA) is 44.8 Å². The Bertz CT molecular complexity index is 1030. The van der Waals surface area contributed by atoms with E-state index >= 15 is 0 Å². The second kappa shape index (κ2) is 9.79. The van der Waals surface area contributed by atoms with Crippen LogP contribution in [0.2, 0.25) is 0 Å². The molecular formula is C26H26O4. The van der Waals surface area contributed by atoms with Crippen LogP contribution in [0.4, 0.5) is 0 Å².